The summed E-state index contributed by atoms with van der Waals surface area (Å²) in [5.74, 6) is 0.566. The molecule has 2 aromatic rings. The van der Waals surface area contributed by atoms with Crippen molar-refractivity contribution < 1.29 is 13.9 Å². The van der Waals surface area contributed by atoms with E-state index in [-0.39, 0.29) is 5.91 Å². The van der Waals surface area contributed by atoms with Gasteiger partial charge in [-0.1, -0.05) is 37.3 Å². The van der Waals surface area contributed by atoms with Crippen LogP contribution in [0.3, 0.4) is 0 Å². The summed E-state index contributed by atoms with van der Waals surface area (Å²) < 4.78 is 11.1. The van der Waals surface area contributed by atoms with Gasteiger partial charge in [-0.25, -0.2) is 4.98 Å². The smallest absolute Gasteiger partial charge is 0.257 e. The average Bonchev–Trinajstić information content (AvgIpc) is 3.23. The highest BCUT2D eigenvalue weighted by Gasteiger charge is 2.44. The third kappa shape index (κ3) is 2.76. The Balaban J connectivity index is 1.73. The van der Waals surface area contributed by atoms with Crippen LogP contribution in [0.5, 0.6) is 0 Å². The molecule has 0 bridgehead atoms. The number of rotatable bonds is 5. The fraction of sp³-hybridized carbons (Fsp3) is 0.412. The van der Waals surface area contributed by atoms with Gasteiger partial charge in [0.1, 0.15) is 6.26 Å². The van der Waals surface area contributed by atoms with Crippen LogP contribution in [0.4, 0.5) is 0 Å². The molecule has 5 nitrogen and oxygen atoms in total. The first-order valence-electron chi connectivity index (χ1n) is 7.65. The fourth-order valence-electron chi connectivity index (χ4n) is 2.79. The first-order chi connectivity index (χ1) is 10.7. The SMILES string of the molecule is CCc1nc(CNC(=O)C2(c3ccccc3)CCCO2)co1. The van der Waals surface area contributed by atoms with Crippen molar-refractivity contribution in [1.82, 2.24) is 10.3 Å². The maximum Gasteiger partial charge on any atom is 0.257 e. The van der Waals surface area contributed by atoms with Crippen molar-refractivity contribution in [2.75, 3.05) is 6.61 Å². The van der Waals surface area contributed by atoms with Gasteiger partial charge in [0.15, 0.2) is 11.5 Å². The summed E-state index contributed by atoms with van der Waals surface area (Å²) in [5, 5.41) is 2.93. The number of oxazole rings is 1. The van der Waals surface area contributed by atoms with Crippen molar-refractivity contribution >= 4 is 5.91 Å². The third-order valence-electron chi connectivity index (χ3n) is 3.96. The number of ether oxygens (including phenoxy) is 1. The quantitative estimate of drug-likeness (QED) is 0.921. The van der Waals surface area contributed by atoms with E-state index in [4.69, 9.17) is 9.15 Å². The largest absolute Gasteiger partial charge is 0.449 e. The summed E-state index contributed by atoms with van der Waals surface area (Å²) in [7, 11) is 0. The van der Waals surface area contributed by atoms with Crippen molar-refractivity contribution in [1.29, 1.82) is 0 Å². The topological polar surface area (TPSA) is 64.4 Å². The lowest BCUT2D eigenvalue weighted by atomic mass is 9.90. The van der Waals surface area contributed by atoms with Gasteiger partial charge in [0.2, 0.25) is 0 Å². The minimum Gasteiger partial charge on any atom is -0.449 e. The second-order valence-corrected chi connectivity index (χ2v) is 5.41. The Morgan fingerprint density at radius 3 is 2.82 bits per heavy atom. The molecule has 1 saturated heterocycles. The Kier molecular flexibility index (Phi) is 4.24. The predicted molar refractivity (Wildman–Crippen MR) is 81.0 cm³/mol. The maximum atomic E-state index is 12.7. The highest BCUT2D eigenvalue weighted by molar-refractivity contribution is 5.86. The zero-order chi connectivity index (χ0) is 15.4. The fourth-order valence-corrected chi connectivity index (χ4v) is 2.79. The van der Waals surface area contributed by atoms with Gasteiger partial charge in [0.05, 0.1) is 12.2 Å². The van der Waals surface area contributed by atoms with Crippen LogP contribution in [0.25, 0.3) is 0 Å². The number of aryl methyl sites for hydroxylation is 1. The number of amides is 1. The zero-order valence-electron chi connectivity index (χ0n) is 12.7. The molecular weight excluding hydrogens is 280 g/mol. The average molecular weight is 300 g/mol. The molecule has 1 fully saturated rings. The molecule has 5 heteroatoms. The number of aromatic nitrogens is 1. The van der Waals surface area contributed by atoms with Gasteiger partial charge >= 0.3 is 0 Å². The molecule has 3 rings (SSSR count). The molecule has 0 radical (unpaired) electrons. The van der Waals surface area contributed by atoms with E-state index in [9.17, 15) is 4.79 Å². The number of nitrogens with zero attached hydrogens (tertiary/aromatic N) is 1. The first kappa shape index (κ1) is 14.8. The Labute approximate surface area is 129 Å². The Hall–Kier alpha value is -2.14. The highest BCUT2D eigenvalue weighted by Crippen LogP contribution is 2.36. The first-order valence-corrected chi connectivity index (χ1v) is 7.65. The molecule has 2 heterocycles. The number of carbonyl (C=O) groups is 1. The molecule has 116 valence electrons. The second-order valence-electron chi connectivity index (χ2n) is 5.41. The maximum absolute atomic E-state index is 12.7. The van der Waals surface area contributed by atoms with Gasteiger partial charge in [0, 0.05) is 13.0 Å². The van der Waals surface area contributed by atoms with Crippen molar-refractivity contribution in [3.05, 3.63) is 53.7 Å². The summed E-state index contributed by atoms with van der Waals surface area (Å²) in [5.41, 5.74) is 0.754. The molecule has 1 aromatic carbocycles. The third-order valence-corrected chi connectivity index (χ3v) is 3.96. The summed E-state index contributed by atoms with van der Waals surface area (Å²) in [6.07, 6.45) is 3.91. The van der Waals surface area contributed by atoms with Crippen LogP contribution in [0, 0.1) is 0 Å². The number of carbonyl (C=O) groups excluding carboxylic acids is 1. The number of nitrogens with one attached hydrogen (secondary N) is 1. The van der Waals surface area contributed by atoms with E-state index >= 15 is 0 Å². The standard InChI is InChI=1S/C17H20N2O3/c1-2-15-19-14(12-21-15)11-18-16(20)17(9-6-10-22-17)13-7-4-3-5-8-13/h3-5,7-8,12H,2,6,9-11H2,1H3,(H,18,20). The van der Waals surface area contributed by atoms with Crippen molar-refractivity contribution in [2.24, 2.45) is 0 Å². The molecule has 0 aliphatic carbocycles. The van der Waals surface area contributed by atoms with Crippen molar-refractivity contribution in [3.8, 4) is 0 Å². The van der Waals surface area contributed by atoms with Gasteiger partial charge in [0.25, 0.3) is 5.91 Å². The van der Waals surface area contributed by atoms with Crippen LogP contribution in [-0.2, 0) is 28.1 Å². The molecule has 1 unspecified atom stereocenters. The summed E-state index contributed by atoms with van der Waals surface area (Å²) >= 11 is 0. The molecule has 22 heavy (non-hydrogen) atoms. The molecule has 0 spiro atoms. The summed E-state index contributed by atoms with van der Waals surface area (Å²) in [6.45, 7) is 2.93. The molecule has 1 aromatic heterocycles. The van der Waals surface area contributed by atoms with Gasteiger partial charge in [-0.2, -0.15) is 0 Å². The summed E-state index contributed by atoms with van der Waals surface area (Å²) in [6, 6.07) is 9.67. The molecule has 1 N–H and O–H groups in total. The van der Waals surface area contributed by atoms with Crippen LogP contribution in [-0.4, -0.2) is 17.5 Å². The molecule has 0 saturated carbocycles. The zero-order valence-corrected chi connectivity index (χ0v) is 12.7. The van der Waals surface area contributed by atoms with E-state index in [1.165, 1.54) is 0 Å². The van der Waals surface area contributed by atoms with Gasteiger partial charge < -0.3 is 14.5 Å². The lowest BCUT2D eigenvalue weighted by Crippen LogP contribution is -2.43. The number of benzene rings is 1. The molecule has 1 atom stereocenters. The molecule has 1 aliphatic rings. The van der Waals surface area contributed by atoms with E-state index in [1.807, 2.05) is 37.3 Å². The summed E-state index contributed by atoms with van der Waals surface area (Å²) in [4.78, 5) is 17.0. The highest BCUT2D eigenvalue weighted by atomic mass is 16.5. The number of hydrogen-bond acceptors (Lipinski definition) is 4. The lowest BCUT2D eigenvalue weighted by Gasteiger charge is -2.27. The van der Waals surface area contributed by atoms with Crippen LogP contribution in [0.1, 0.15) is 36.9 Å². The molecule has 1 aliphatic heterocycles. The van der Waals surface area contributed by atoms with E-state index in [0.29, 0.717) is 25.5 Å². The predicted octanol–water partition coefficient (Wildman–Crippen LogP) is 2.56. The monoisotopic (exact) mass is 300 g/mol. The van der Waals surface area contributed by atoms with Crippen LogP contribution in [0.15, 0.2) is 41.0 Å². The number of hydrogen-bond donors (Lipinski definition) is 1. The lowest BCUT2D eigenvalue weighted by molar-refractivity contribution is -0.142. The van der Waals surface area contributed by atoms with Gasteiger partial charge in [-0.05, 0) is 18.4 Å². The normalized spacial score (nSPS) is 21.0. The van der Waals surface area contributed by atoms with Crippen molar-refractivity contribution in [2.45, 2.75) is 38.3 Å². The van der Waals surface area contributed by atoms with Crippen LogP contribution >= 0.6 is 0 Å². The van der Waals surface area contributed by atoms with Gasteiger partial charge in [-0.15, -0.1) is 0 Å². The van der Waals surface area contributed by atoms with Gasteiger partial charge in [-0.3, -0.25) is 4.79 Å². The Morgan fingerprint density at radius 1 is 1.36 bits per heavy atom. The Bertz CT molecular complexity index is 630. The van der Waals surface area contributed by atoms with Crippen LogP contribution in [0.2, 0.25) is 0 Å². The van der Waals surface area contributed by atoms with E-state index in [2.05, 4.69) is 10.3 Å². The minimum absolute atomic E-state index is 0.114. The second kappa shape index (κ2) is 6.32. The van der Waals surface area contributed by atoms with E-state index in [1.54, 1.807) is 6.26 Å². The minimum atomic E-state index is -0.876. The molecular formula is C17H20N2O3. The van der Waals surface area contributed by atoms with Crippen LogP contribution < -0.4 is 5.32 Å². The van der Waals surface area contributed by atoms with E-state index < -0.39 is 5.60 Å². The Morgan fingerprint density at radius 2 is 2.18 bits per heavy atom. The van der Waals surface area contributed by atoms with E-state index in [0.717, 1.165) is 24.1 Å². The van der Waals surface area contributed by atoms with Crippen molar-refractivity contribution in [3.63, 3.8) is 0 Å². The molecule has 1 amide bonds.